The minimum atomic E-state index is -0.731. The smallest absolute Gasteiger partial charge is 0.295 e. The molecule has 1 saturated heterocycles. The zero-order valence-corrected chi connectivity index (χ0v) is 12.1. The summed E-state index contributed by atoms with van der Waals surface area (Å²) >= 11 is 0. The van der Waals surface area contributed by atoms with Gasteiger partial charge >= 0.3 is 0 Å². The van der Waals surface area contributed by atoms with E-state index >= 15 is 0 Å². The van der Waals surface area contributed by atoms with Gasteiger partial charge in [0.25, 0.3) is 5.69 Å². The van der Waals surface area contributed by atoms with Crippen molar-refractivity contribution in [1.82, 2.24) is 4.90 Å². The average molecular weight is 297 g/mol. The Balaban J connectivity index is 2.01. The van der Waals surface area contributed by atoms with Gasteiger partial charge in [0, 0.05) is 19.2 Å². The highest BCUT2D eigenvalue weighted by Gasteiger charge is 2.19. The molecule has 7 heteroatoms. The van der Waals surface area contributed by atoms with Gasteiger partial charge in [-0.2, -0.15) is 0 Å². The first-order valence-corrected chi connectivity index (χ1v) is 7.10. The summed E-state index contributed by atoms with van der Waals surface area (Å²) < 4.78 is 18.4. The normalized spacial score (nSPS) is 15.7. The lowest BCUT2D eigenvalue weighted by Crippen LogP contribution is -2.33. The molecule has 116 valence electrons. The van der Waals surface area contributed by atoms with Crippen molar-refractivity contribution in [2.75, 3.05) is 38.6 Å². The van der Waals surface area contributed by atoms with E-state index in [2.05, 4.69) is 10.2 Å². The molecule has 0 spiro atoms. The number of nitrogens with zero attached hydrogens (tertiary/aromatic N) is 2. The molecule has 0 radical (unpaired) electrons. The fourth-order valence-electron chi connectivity index (χ4n) is 2.52. The van der Waals surface area contributed by atoms with Crippen LogP contribution in [0, 0.1) is 15.9 Å². The van der Waals surface area contributed by atoms with E-state index in [0.717, 1.165) is 25.7 Å². The average Bonchev–Trinajstić information content (AvgIpc) is 2.49. The summed E-state index contributed by atoms with van der Waals surface area (Å²) in [5.74, 6) is -0.730. The number of hydrogen-bond donors (Lipinski definition) is 1. The number of hydrogen-bond acceptors (Lipinski definition) is 5. The second-order valence-corrected chi connectivity index (χ2v) is 5.09. The topological polar surface area (TPSA) is 67.6 Å². The summed E-state index contributed by atoms with van der Waals surface area (Å²) in [7, 11) is 1.34. The Labute approximate surface area is 123 Å². The monoisotopic (exact) mass is 297 g/mol. The Bertz CT molecular complexity index is 504. The second kappa shape index (κ2) is 7.21. The molecular weight excluding hydrogens is 277 g/mol. The fourth-order valence-corrected chi connectivity index (χ4v) is 2.52. The van der Waals surface area contributed by atoms with Crippen LogP contribution >= 0.6 is 0 Å². The first kappa shape index (κ1) is 15.5. The van der Waals surface area contributed by atoms with Crippen molar-refractivity contribution in [2.24, 2.45) is 0 Å². The van der Waals surface area contributed by atoms with Gasteiger partial charge in [0.1, 0.15) is 5.69 Å². The van der Waals surface area contributed by atoms with Gasteiger partial charge in [-0.25, -0.2) is 4.39 Å². The molecule has 1 aromatic carbocycles. The van der Waals surface area contributed by atoms with Crippen molar-refractivity contribution in [3.63, 3.8) is 0 Å². The molecule has 0 unspecified atom stereocenters. The molecule has 1 N–H and O–H groups in total. The minimum absolute atomic E-state index is 0.000993. The Morgan fingerprint density at radius 3 is 2.71 bits per heavy atom. The summed E-state index contributed by atoms with van der Waals surface area (Å²) in [6.45, 7) is 3.53. The predicted octanol–water partition coefficient (Wildman–Crippen LogP) is 2.64. The number of likely N-dealkylation sites (tertiary alicyclic amines) is 1. The molecule has 1 aliphatic heterocycles. The zero-order chi connectivity index (χ0) is 15.2. The number of rotatable bonds is 6. The molecular formula is C14H20FN3O3. The molecule has 0 saturated carbocycles. The number of piperidine rings is 1. The Kier molecular flexibility index (Phi) is 5.32. The molecule has 2 rings (SSSR count). The van der Waals surface area contributed by atoms with Gasteiger partial charge in [0.2, 0.25) is 0 Å². The maximum absolute atomic E-state index is 13.5. The maximum atomic E-state index is 13.5. The number of ether oxygens (including phenoxy) is 1. The molecule has 6 nitrogen and oxygen atoms in total. The van der Waals surface area contributed by atoms with Gasteiger partial charge in [0.05, 0.1) is 18.1 Å². The van der Waals surface area contributed by atoms with Crippen molar-refractivity contribution in [3.05, 3.63) is 28.1 Å². The molecule has 0 amide bonds. The van der Waals surface area contributed by atoms with Crippen LogP contribution in [0.2, 0.25) is 0 Å². The van der Waals surface area contributed by atoms with Gasteiger partial charge in [0.15, 0.2) is 11.6 Å². The van der Waals surface area contributed by atoms with E-state index < -0.39 is 10.7 Å². The van der Waals surface area contributed by atoms with Crippen LogP contribution in [0.3, 0.4) is 0 Å². The Hall–Kier alpha value is -1.89. The molecule has 1 aromatic rings. The minimum Gasteiger partial charge on any atom is -0.494 e. The molecule has 1 fully saturated rings. The number of halogens is 1. The van der Waals surface area contributed by atoms with E-state index in [9.17, 15) is 14.5 Å². The van der Waals surface area contributed by atoms with Gasteiger partial charge in [-0.15, -0.1) is 0 Å². The first-order chi connectivity index (χ1) is 10.1. The quantitative estimate of drug-likeness (QED) is 0.646. The lowest BCUT2D eigenvalue weighted by molar-refractivity contribution is -0.384. The van der Waals surface area contributed by atoms with Crippen LogP contribution in [-0.4, -0.2) is 43.1 Å². The number of anilines is 1. The van der Waals surface area contributed by atoms with Crippen molar-refractivity contribution < 1.29 is 14.1 Å². The lowest BCUT2D eigenvalue weighted by atomic mass is 10.1. The first-order valence-electron chi connectivity index (χ1n) is 7.10. The molecule has 1 aliphatic rings. The summed E-state index contributed by atoms with van der Waals surface area (Å²) in [6.07, 6.45) is 3.67. The zero-order valence-electron chi connectivity index (χ0n) is 12.1. The van der Waals surface area contributed by atoms with E-state index in [4.69, 9.17) is 4.74 Å². The third-order valence-corrected chi connectivity index (χ3v) is 3.66. The molecule has 0 bridgehead atoms. The predicted molar refractivity (Wildman–Crippen MR) is 78.4 cm³/mol. The van der Waals surface area contributed by atoms with Crippen molar-refractivity contribution >= 4 is 11.4 Å². The second-order valence-electron chi connectivity index (χ2n) is 5.09. The van der Waals surface area contributed by atoms with Crippen LogP contribution in [0.1, 0.15) is 19.3 Å². The van der Waals surface area contributed by atoms with Crippen LogP contribution in [0.15, 0.2) is 12.1 Å². The Morgan fingerprint density at radius 1 is 1.38 bits per heavy atom. The van der Waals surface area contributed by atoms with Crippen molar-refractivity contribution in [2.45, 2.75) is 19.3 Å². The molecule has 1 heterocycles. The maximum Gasteiger partial charge on any atom is 0.295 e. The van der Waals surface area contributed by atoms with Crippen LogP contribution in [0.5, 0.6) is 5.75 Å². The van der Waals surface area contributed by atoms with Gasteiger partial charge in [-0.05, 0) is 25.9 Å². The standard InChI is InChI=1S/C14H20FN3O3/c1-21-14-10-12(13(18(19)20)9-11(14)15)16-5-8-17-6-3-2-4-7-17/h9-10,16H,2-8H2,1H3. The highest BCUT2D eigenvalue weighted by molar-refractivity contribution is 5.64. The lowest BCUT2D eigenvalue weighted by Gasteiger charge is -2.26. The van der Waals surface area contributed by atoms with E-state index in [1.807, 2.05) is 0 Å². The summed E-state index contributed by atoms with van der Waals surface area (Å²) in [4.78, 5) is 12.7. The largest absolute Gasteiger partial charge is 0.494 e. The van der Waals surface area contributed by atoms with Gasteiger partial charge in [-0.3, -0.25) is 10.1 Å². The molecule has 0 aliphatic carbocycles. The van der Waals surface area contributed by atoms with E-state index in [1.54, 1.807) is 0 Å². The van der Waals surface area contributed by atoms with Crippen molar-refractivity contribution in [3.8, 4) is 5.75 Å². The summed E-state index contributed by atoms with van der Waals surface area (Å²) in [5.41, 5.74) is 0.0159. The SMILES string of the molecule is COc1cc(NCCN2CCCCC2)c([N+](=O)[O-])cc1F. The summed E-state index contributed by atoms with van der Waals surface area (Å²) in [6, 6.07) is 2.23. The number of nitrogens with one attached hydrogen (secondary N) is 1. The highest BCUT2D eigenvalue weighted by atomic mass is 19.1. The Morgan fingerprint density at radius 2 is 2.10 bits per heavy atom. The van der Waals surface area contributed by atoms with E-state index in [1.165, 1.54) is 32.4 Å². The number of benzene rings is 1. The third-order valence-electron chi connectivity index (χ3n) is 3.66. The highest BCUT2D eigenvalue weighted by Crippen LogP contribution is 2.31. The van der Waals surface area contributed by atoms with Gasteiger partial charge in [-0.1, -0.05) is 6.42 Å². The fraction of sp³-hybridized carbons (Fsp3) is 0.571. The van der Waals surface area contributed by atoms with Crippen LogP contribution < -0.4 is 10.1 Å². The van der Waals surface area contributed by atoms with Crippen LogP contribution in [0.25, 0.3) is 0 Å². The van der Waals surface area contributed by atoms with E-state index in [-0.39, 0.29) is 17.1 Å². The van der Waals surface area contributed by atoms with Gasteiger partial charge < -0.3 is 15.0 Å². The third kappa shape index (κ3) is 4.04. The number of nitro groups is 1. The van der Waals surface area contributed by atoms with Crippen molar-refractivity contribution in [1.29, 1.82) is 0 Å². The molecule has 0 aromatic heterocycles. The summed E-state index contributed by atoms with van der Waals surface area (Å²) in [5, 5.41) is 14.0. The van der Waals surface area contributed by atoms with Crippen LogP contribution in [-0.2, 0) is 0 Å². The molecule has 21 heavy (non-hydrogen) atoms. The number of nitro benzene ring substituents is 1. The molecule has 0 atom stereocenters. The van der Waals surface area contributed by atoms with E-state index in [0.29, 0.717) is 6.54 Å². The van der Waals surface area contributed by atoms with Crippen LogP contribution in [0.4, 0.5) is 15.8 Å². The number of methoxy groups -OCH3 is 1.